The molecule has 1 amide bonds. The van der Waals surface area contributed by atoms with E-state index in [1.54, 1.807) is 9.58 Å². The predicted molar refractivity (Wildman–Crippen MR) is 110 cm³/mol. The Balaban J connectivity index is 1.59. The van der Waals surface area contributed by atoms with Crippen LogP contribution in [0.25, 0.3) is 5.69 Å². The first-order chi connectivity index (χ1) is 14.6. The van der Waals surface area contributed by atoms with Gasteiger partial charge in [0.05, 0.1) is 11.6 Å². The van der Waals surface area contributed by atoms with E-state index < -0.39 is 17.2 Å². The van der Waals surface area contributed by atoms with Gasteiger partial charge in [0.25, 0.3) is 5.91 Å². The molecule has 4 rings (SSSR count). The third kappa shape index (κ3) is 4.34. The number of fused-ring (bicyclic) bond motifs is 1. The lowest BCUT2D eigenvalue weighted by molar-refractivity contribution is -0.161. The van der Waals surface area contributed by atoms with E-state index in [0.29, 0.717) is 43.7 Å². The average Bonchev–Trinajstić information content (AvgIpc) is 3.31. The number of hydrogen-bond acceptors (Lipinski definition) is 4. The molecule has 1 fully saturated rings. The van der Waals surface area contributed by atoms with Crippen LogP contribution in [0.5, 0.6) is 0 Å². The monoisotopic (exact) mass is 431 g/mol. The second-order valence-electron chi connectivity index (χ2n) is 9.26. The number of piperidine rings is 1. The summed E-state index contributed by atoms with van der Waals surface area (Å²) in [7, 11) is 0. The molecule has 0 spiro atoms. The Morgan fingerprint density at radius 2 is 1.90 bits per heavy atom. The molecular formula is C23H27F2N3O3. The first kappa shape index (κ1) is 21.5. The van der Waals surface area contributed by atoms with Gasteiger partial charge in [-0.2, -0.15) is 5.10 Å². The van der Waals surface area contributed by atoms with Crippen LogP contribution in [-0.4, -0.2) is 45.2 Å². The molecule has 2 aliphatic rings. The molecule has 1 aromatic carbocycles. The van der Waals surface area contributed by atoms with Crippen LogP contribution in [0.15, 0.2) is 18.2 Å². The van der Waals surface area contributed by atoms with Crippen molar-refractivity contribution in [3.8, 4) is 5.69 Å². The summed E-state index contributed by atoms with van der Waals surface area (Å²) in [5.74, 6) is -2.76. The van der Waals surface area contributed by atoms with Crippen molar-refractivity contribution in [2.45, 2.75) is 58.5 Å². The van der Waals surface area contributed by atoms with Crippen LogP contribution in [-0.2, 0) is 22.4 Å². The summed E-state index contributed by atoms with van der Waals surface area (Å²) in [5.41, 5.74) is 1.86. The number of ether oxygens (including phenoxy) is 1. The van der Waals surface area contributed by atoms with E-state index >= 15 is 0 Å². The molecule has 8 heteroatoms. The Labute approximate surface area is 180 Å². The molecule has 0 unspecified atom stereocenters. The Kier molecular flexibility index (Phi) is 5.58. The number of halogens is 2. The molecule has 0 saturated carbocycles. The van der Waals surface area contributed by atoms with Crippen molar-refractivity contribution >= 4 is 11.9 Å². The maximum atomic E-state index is 13.8. The largest absolute Gasteiger partial charge is 0.460 e. The molecule has 1 aromatic heterocycles. The summed E-state index contributed by atoms with van der Waals surface area (Å²) in [6.45, 7) is 6.31. The first-order valence-corrected chi connectivity index (χ1v) is 10.7. The number of hydrogen-bond donors (Lipinski definition) is 0. The minimum atomic E-state index is -0.955. The molecule has 2 heterocycles. The third-order valence-corrected chi connectivity index (χ3v) is 5.73. The first-order valence-electron chi connectivity index (χ1n) is 10.7. The second-order valence-corrected chi connectivity index (χ2v) is 9.26. The SMILES string of the molecule is CC(C)(C)OC(=O)[C@H]1CCCN(C(=O)c2nn(-c3ccc(F)c(F)c3)c3c2CCC3)C1. The fourth-order valence-corrected chi connectivity index (χ4v) is 4.33. The molecule has 1 saturated heterocycles. The van der Waals surface area contributed by atoms with Crippen LogP contribution in [0.2, 0.25) is 0 Å². The highest BCUT2D eigenvalue weighted by molar-refractivity contribution is 5.94. The van der Waals surface area contributed by atoms with Gasteiger partial charge in [-0.3, -0.25) is 9.59 Å². The molecule has 6 nitrogen and oxygen atoms in total. The lowest BCUT2D eigenvalue weighted by Crippen LogP contribution is -2.44. The van der Waals surface area contributed by atoms with E-state index in [0.717, 1.165) is 36.2 Å². The van der Waals surface area contributed by atoms with Crippen LogP contribution >= 0.6 is 0 Å². The Morgan fingerprint density at radius 3 is 2.61 bits per heavy atom. The van der Waals surface area contributed by atoms with Gasteiger partial charge in [-0.15, -0.1) is 0 Å². The Hall–Kier alpha value is -2.77. The average molecular weight is 431 g/mol. The van der Waals surface area contributed by atoms with Gasteiger partial charge in [0.15, 0.2) is 17.3 Å². The van der Waals surface area contributed by atoms with Crippen LogP contribution < -0.4 is 0 Å². The minimum absolute atomic E-state index is 0.229. The second kappa shape index (κ2) is 8.05. The quantitative estimate of drug-likeness (QED) is 0.693. The molecule has 1 aliphatic carbocycles. The van der Waals surface area contributed by atoms with Crippen molar-refractivity contribution < 1.29 is 23.1 Å². The number of nitrogens with zero attached hydrogens (tertiary/aromatic N) is 3. The standard InChI is InChI=1S/C23H27F2N3O3/c1-23(2,3)31-22(30)14-6-5-11-27(13-14)21(29)20-16-7-4-8-19(16)28(26-20)15-9-10-17(24)18(25)12-15/h9-10,12,14H,4-8,11,13H2,1-3H3/t14-/m0/s1. The van der Waals surface area contributed by atoms with E-state index in [1.807, 2.05) is 20.8 Å². The van der Waals surface area contributed by atoms with Crippen molar-refractivity contribution in [3.63, 3.8) is 0 Å². The predicted octanol–water partition coefficient (Wildman–Crippen LogP) is 3.83. The van der Waals surface area contributed by atoms with Gasteiger partial charge in [0, 0.05) is 30.4 Å². The van der Waals surface area contributed by atoms with Gasteiger partial charge >= 0.3 is 5.97 Å². The van der Waals surface area contributed by atoms with E-state index in [4.69, 9.17) is 4.74 Å². The summed E-state index contributed by atoms with van der Waals surface area (Å²) in [5, 5.41) is 4.50. The molecule has 31 heavy (non-hydrogen) atoms. The summed E-state index contributed by atoms with van der Waals surface area (Å²) < 4.78 is 34.2. The summed E-state index contributed by atoms with van der Waals surface area (Å²) in [4.78, 5) is 27.5. The molecule has 1 aliphatic heterocycles. The highest BCUT2D eigenvalue weighted by atomic mass is 19.2. The van der Waals surface area contributed by atoms with Crippen LogP contribution in [0.3, 0.4) is 0 Å². The molecular weight excluding hydrogens is 404 g/mol. The van der Waals surface area contributed by atoms with E-state index in [2.05, 4.69) is 5.10 Å². The van der Waals surface area contributed by atoms with Crippen molar-refractivity contribution in [2.24, 2.45) is 5.92 Å². The van der Waals surface area contributed by atoms with Crippen LogP contribution in [0.1, 0.15) is 61.8 Å². The zero-order chi connectivity index (χ0) is 22.3. The third-order valence-electron chi connectivity index (χ3n) is 5.73. The maximum Gasteiger partial charge on any atom is 0.311 e. The molecule has 166 valence electrons. The van der Waals surface area contributed by atoms with Crippen molar-refractivity contribution in [1.29, 1.82) is 0 Å². The number of aromatic nitrogens is 2. The smallest absolute Gasteiger partial charge is 0.311 e. The molecule has 0 bridgehead atoms. The highest BCUT2D eigenvalue weighted by Gasteiger charge is 2.35. The maximum absolute atomic E-state index is 13.8. The molecule has 1 atom stereocenters. The number of amides is 1. The number of rotatable bonds is 3. The van der Waals surface area contributed by atoms with Crippen molar-refractivity contribution in [3.05, 3.63) is 46.8 Å². The number of benzene rings is 1. The van der Waals surface area contributed by atoms with Crippen LogP contribution in [0, 0.1) is 17.6 Å². The van der Waals surface area contributed by atoms with Crippen LogP contribution in [0.4, 0.5) is 8.78 Å². The molecule has 2 aromatic rings. The van der Waals surface area contributed by atoms with Gasteiger partial charge in [-0.25, -0.2) is 13.5 Å². The Morgan fingerprint density at radius 1 is 1.13 bits per heavy atom. The number of likely N-dealkylation sites (tertiary alicyclic amines) is 1. The number of carbonyl (C=O) groups excluding carboxylic acids is 2. The van der Waals surface area contributed by atoms with Gasteiger partial charge in [-0.05, 0) is 65.0 Å². The fourth-order valence-electron chi connectivity index (χ4n) is 4.33. The number of carbonyl (C=O) groups is 2. The molecule has 0 radical (unpaired) electrons. The topological polar surface area (TPSA) is 64.4 Å². The van der Waals surface area contributed by atoms with E-state index in [9.17, 15) is 18.4 Å². The normalized spacial score (nSPS) is 18.7. The van der Waals surface area contributed by atoms with Gasteiger partial charge in [0.1, 0.15) is 5.60 Å². The van der Waals surface area contributed by atoms with Gasteiger partial charge < -0.3 is 9.64 Å². The molecule has 0 N–H and O–H groups in total. The minimum Gasteiger partial charge on any atom is -0.460 e. The summed E-state index contributed by atoms with van der Waals surface area (Å²) in [6.07, 6.45) is 3.69. The highest BCUT2D eigenvalue weighted by Crippen LogP contribution is 2.30. The lowest BCUT2D eigenvalue weighted by atomic mass is 9.97. The van der Waals surface area contributed by atoms with Crippen molar-refractivity contribution in [2.75, 3.05) is 13.1 Å². The summed E-state index contributed by atoms with van der Waals surface area (Å²) >= 11 is 0. The van der Waals surface area contributed by atoms with Gasteiger partial charge in [-0.1, -0.05) is 0 Å². The zero-order valence-corrected chi connectivity index (χ0v) is 18.1. The summed E-state index contributed by atoms with van der Waals surface area (Å²) in [6, 6.07) is 3.61. The lowest BCUT2D eigenvalue weighted by Gasteiger charge is -2.33. The zero-order valence-electron chi connectivity index (χ0n) is 18.1. The number of esters is 1. The van der Waals surface area contributed by atoms with Crippen molar-refractivity contribution in [1.82, 2.24) is 14.7 Å². The Bertz CT molecular complexity index is 1030. The van der Waals surface area contributed by atoms with Gasteiger partial charge in [0.2, 0.25) is 0 Å². The fraction of sp³-hybridized carbons (Fsp3) is 0.522. The van der Waals surface area contributed by atoms with E-state index in [-0.39, 0.29) is 17.8 Å². The van der Waals surface area contributed by atoms with E-state index in [1.165, 1.54) is 6.07 Å².